The van der Waals surface area contributed by atoms with Gasteiger partial charge >= 0.3 is 0 Å². The summed E-state index contributed by atoms with van der Waals surface area (Å²) in [5.41, 5.74) is 2.19. The maximum absolute atomic E-state index is 9.52. The zero-order valence-corrected chi connectivity index (χ0v) is 12.6. The molecule has 2 rings (SSSR count). The number of aromatic nitrogens is 1. The van der Waals surface area contributed by atoms with Crippen LogP contribution in [0.1, 0.15) is 47.1 Å². The number of benzene rings is 1. The maximum atomic E-state index is 9.52. The molecule has 0 aliphatic rings. The minimum atomic E-state index is 0.184. The Kier molecular flexibility index (Phi) is 4.22. The fourth-order valence-electron chi connectivity index (χ4n) is 2.29. The van der Waals surface area contributed by atoms with Crippen molar-refractivity contribution in [1.82, 2.24) is 10.3 Å². The number of nitrogens with one attached hydrogen (secondary N) is 1. The second-order valence-corrected chi connectivity index (χ2v) is 6.12. The molecule has 0 radical (unpaired) electrons. The van der Waals surface area contributed by atoms with Gasteiger partial charge < -0.3 is 10.4 Å². The Labute approximate surface area is 118 Å². The summed E-state index contributed by atoms with van der Waals surface area (Å²) in [7, 11) is 0. The van der Waals surface area contributed by atoms with E-state index >= 15 is 0 Å². The summed E-state index contributed by atoms with van der Waals surface area (Å²) >= 11 is 1.74. The van der Waals surface area contributed by atoms with Gasteiger partial charge in [0.15, 0.2) is 0 Å². The van der Waals surface area contributed by atoms with Crippen molar-refractivity contribution in [3.63, 3.8) is 0 Å². The van der Waals surface area contributed by atoms with E-state index in [1.807, 2.05) is 19.1 Å². The van der Waals surface area contributed by atoms with Crippen LogP contribution in [-0.4, -0.2) is 10.1 Å². The van der Waals surface area contributed by atoms with E-state index in [2.05, 4.69) is 31.1 Å². The van der Waals surface area contributed by atoms with E-state index in [4.69, 9.17) is 0 Å². The number of thiazole rings is 1. The highest BCUT2D eigenvalue weighted by atomic mass is 32.1. The molecule has 2 atom stereocenters. The van der Waals surface area contributed by atoms with Crippen LogP contribution in [0.2, 0.25) is 0 Å². The third-order valence-corrected chi connectivity index (χ3v) is 4.46. The predicted molar refractivity (Wildman–Crippen MR) is 79.7 cm³/mol. The lowest BCUT2D eigenvalue weighted by Gasteiger charge is -2.20. The monoisotopic (exact) mass is 276 g/mol. The van der Waals surface area contributed by atoms with Crippen molar-refractivity contribution in [1.29, 1.82) is 0 Å². The molecule has 0 amide bonds. The second-order valence-electron chi connectivity index (χ2n) is 4.89. The Morgan fingerprint density at radius 1 is 1.21 bits per heavy atom. The summed E-state index contributed by atoms with van der Waals surface area (Å²) in [6.07, 6.45) is 0. The van der Waals surface area contributed by atoms with Crippen LogP contribution in [0.25, 0.3) is 0 Å². The number of aromatic hydroxyl groups is 1. The van der Waals surface area contributed by atoms with E-state index in [-0.39, 0.29) is 12.1 Å². The van der Waals surface area contributed by atoms with Crippen molar-refractivity contribution < 1.29 is 5.11 Å². The Balaban J connectivity index is 2.10. The average Bonchev–Trinajstić information content (AvgIpc) is 2.68. The van der Waals surface area contributed by atoms with Crippen molar-refractivity contribution in [3.8, 4) is 5.75 Å². The first-order valence-corrected chi connectivity index (χ1v) is 7.28. The van der Waals surface area contributed by atoms with Gasteiger partial charge in [0.1, 0.15) is 5.75 Å². The SMILES string of the molecule is Cc1nc(C)c(C(C)NC(C)c2cccc(O)c2)s1. The van der Waals surface area contributed by atoms with Crippen LogP contribution in [0.3, 0.4) is 0 Å². The number of nitrogens with zero attached hydrogens (tertiary/aromatic N) is 1. The summed E-state index contributed by atoms with van der Waals surface area (Å²) in [4.78, 5) is 5.75. The van der Waals surface area contributed by atoms with E-state index in [1.165, 1.54) is 4.88 Å². The number of phenols is 1. The molecule has 4 heteroatoms. The van der Waals surface area contributed by atoms with E-state index in [0.29, 0.717) is 5.75 Å². The fraction of sp³-hybridized carbons (Fsp3) is 0.400. The molecule has 0 spiro atoms. The Bertz CT molecular complexity index is 565. The van der Waals surface area contributed by atoms with E-state index < -0.39 is 0 Å². The molecule has 0 fully saturated rings. The lowest BCUT2D eigenvalue weighted by Crippen LogP contribution is -2.22. The Morgan fingerprint density at radius 3 is 2.53 bits per heavy atom. The Hall–Kier alpha value is -1.39. The van der Waals surface area contributed by atoms with Gasteiger partial charge in [0.25, 0.3) is 0 Å². The van der Waals surface area contributed by atoms with E-state index in [0.717, 1.165) is 16.3 Å². The summed E-state index contributed by atoms with van der Waals surface area (Å²) in [5, 5.41) is 14.2. The van der Waals surface area contributed by atoms with Crippen LogP contribution >= 0.6 is 11.3 Å². The number of aryl methyl sites for hydroxylation is 2. The molecule has 0 saturated heterocycles. The van der Waals surface area contributed by atoms with Crippen molar-refractivity contribution in [3.05, 3.63) is 45.4 Å². The minimum absolute atomic E-state index is 0.184. The summed E-state index contributed by atoms with van der Waals surface area (Å²) in [6, 6.07) is 7.82. The van der Waals surface area contributed by atoms with Crippen LogP contribution < -0.4 is 5.32 Å². The zero-order chi connectivity index (χ0) is 14.0. The highest BCUT2D eigenvalue weighted by molar-refractivity contribution is 7.11. The van der Waals surface area contributed by atoms with Crippen LogP contribution in [0.5, 0.6) is 5.75 Å². The van der Waals surface area contributed by atoms with Crippen LogP contribution in [0.15, 0.2) is 24.3 Å². The molecule has 0 saturated carbocycles. The highest BCUT2D eigenvalue weighted by Crippen LogP contribution is 2.27. The van der Waals surface area contributed by atoms with Gasteiger partial charge in [-0.3, -0.25) is 0 Å². The molecule has 19 heavy (non-hydrogen) atoms. The number of hydrogen-bond donors (Lipinski definition) is 2. The molecule has 1 heterocycles. The van der Waals surface area contributed by atoms with Gasteiger partial charge in [-0.15, -0.1) is 11.3 Å². The predicted octanol–water partition coefficient (Wildman–Crippen LogP) is 3.88. The molecular weight excluding hydrogens is 256 g/mol. The van der Waals surface area contributed by atoms with E-state index in [1.54, 1.807) is 23.5 Å². The molecule has 3 nitrogen and oxygen atoms in total. The summed E-state index contributed by atoms with van der Waals surface area (Å²) < 4.78 is 0. The molecule has 2 N–H and O–H groups in total. The quantitative estimate of drug-likeness (QED) is 0.891. The summed E-state index contributed by atoms with van der Waals surface area (Å²) in [6.45, 7) is 8.34. The first kappa shape index (κ1) is 14.0. The van der Waals surface area contributed by atoms with Crippen molar-refractivity contribution in [2.75, 3.05) is 0 Å². The first-order valence-electron chi connectivity index (χ1n) is 6.46. The molecule has 2 unspecified atom stereocenters. The van der Waals surface area contributed by atoms with Crippen LogP contribution in [-0.2, 0) is 0 Å². The molecule has 1 aromatic carbocycles. The molecule has 0 bridgehead atoms. The lowest BCUT2D eigenvalue weighted by atomic mass is 10.1. The van der Waals surface area contributed by atoms with E-state index in [9.17, 15) is 5.11 Å². The maximum Gasteiger partial charge on any atom is 0.115 e. The highest BCUT2D eigenvalue weighted by Gasteiger charge is 2.16. The zero-order valence-electron chi connectivity index (χ0n) is 11.8. The third kappa shape index (κ3) is 3.33. The van der Waals surface area contributed by atoms with Crippen molar-refractivity contribution in [2.45, 2.75) is 39.8 Å². The number of hydrogen-bond acceptors (Lipinski definition) is 4. The smallest absolute Gasteiger partial charge is 0.115 e. The molecular formula is C15H20N2OS. The average molecular weight is 276 g/mol. The number of rotatable bonds is 4. The molecule has 1 aromatic heterocycles. The van der Waals surface area contributed by atoms with Gasteiger partial charge in [-0.05, 0) is 45.4 Å². The normalized spacial score (nSPS) is 14.3. The van der Waals surface area contributed by atoms with Gasteiger partial charge in [-0.2, -0.15) is 0 Å². The first-order chi connectivity index (χ1) is 8.97. The topological polar surface area (TPSA) is 45.2 Å². The minimum Gasteiger partial charge on any atom is -0.508 e. The van der Waals surface area contributed by atoms with Gasteiger partial charge in [0.2, 0.25) is 0 Å². The summed E-state index contributed by atoms with van der Waals surface area (Å²) in [5.74, 6) is 0.309. The lowest BCUT2D eigenvalue weighted by molar-refractivity contribution is 0.467. The largest absolute Gasteiger partial charge is 0.508 e. The molecule has 0 aliphatic carbocycles. The standard InChI is InChI=1S/C15H20N2OS/c1-9(13-6-5-7-14(18)8-13)16-10(2)15-11(3)17-12(4)19-15/h5-10,16,18H,1-4H3. The Morgan fingerprint density at radius 2 is 1.95 bits per heavy atom. The second kappa shape index (κ2) is 5.72. The van der Waals surface area contributed by atoms with Crippen molar-refractivity contribution in [2.24, 2.45) is 0 Å². The number of phenolic OH excluding ortho intramolecular Hbond substituents is 1. The van der Waals surface area contributed by atoms with Crippen LogP contribution in [0.4, 0.5) is 0 Å². The van der Waals surface area contributed by atoms with Crippen LogP contribution in [0, 0.1) is 13.8 Å². The fourth-order valence-corrected chi connectivity index (χ4v) is 3.23. The van der Waals surface area contributed by atoms with Crippen molar-refractivity contribution >= 4 is 11.3 Å². The van der Waals surface area contributed by atoms with Gasteiger partial charge in [0, 0.05) is 17.0 Å². The van der Waals surface area contributed by atoms with Gasteiger partial charge in [-0.1, -0.05) is 12.1 Å². The van der Waals surface area contributed by atoms with Gasteiger partial charge in [-0.25, -0.2) is 4.98 Å². The molecule has 0 aliphatic heterocycles. The molecule has 102 valence electrons. The third-order valence-electron chi connectivity index (χ3n) is 3.20. The van der Waals surface area contributed by atoms with Gasteiger partial charge in [0.05, 0.1) is 10.7 Å². The molecule has 2 aromatic rings.